The molecule has 0 aliphatic heterocycles. The molecule has 1 atom stereocenters. The van der Waals surface area contributed by atoms with Gasteiger partial charge in [0.05, 0.1) is 13.2 Å². The van der Waals surface area contributed by atoms with Crippen LogP contribution in [0.5, 0.6) is 0 Å². The van der Waals surface area contributed by atoms with Gasteiger partial charge in [0.1, 0.15) is 5.78 Å². The van der Waals surface area contributed by atoms with Crippen LogP contribution in [0.4, 0.5) is 0 Å². The van der Waals surface area contributed by atoms with Gasteiger partial charge in [0.15, 0.2) is 5.41 Å². The Balaban J connectivity index is 2.47. The second-order valence-electron chi connectivity index (χ2n) is 6.05. The van der Waals surface area contributed by atoms with Crippen molar-refractivity contribution in [2.45, 2.75) is 39.5 Å². The second kappa shape index (κ2) is 8.08. The van der Waals surface area contributed by atoms with Crippen LogP contribution in [0.2, 0.25) is 0 Å². The molecule has 0 heterocycles. The summed E-state index contributed by atoms with van der Waals surface area (Å²) < 4.78 is 10.5. The van der Waals surface area contributed by atoms with Crippen LogP contribution < -0.4 is 0 Å². The monoisotopic (exact) mass is 332 g/mol. The molecule has 0 saturated heterocycles. The summed E-state index contributed by atoms with van der Waals surface area (Å²) in [6, 6.07) is 9.32. The van der Waals surface area contributed by atoms with Gasteiger partial charge in [0.2, 0.25) is 0 Å². The lowest BCUT2D eigenvalue weighted by molar-refractivity contribution is -0.176. The van der Waals surface area contributed by atoms with Crippen LogP contribution in [-0.4, -0.2) is 30.9 Å². The van der Waals surface area contributed by atoms with Gasteiger partial charge in [0, 0.05) is 12.8 Å². The lowest BCUT2D eigenvalue weighted by atomic mass is 9.70. The largest absolute Gasteiger partial charge is 0.465 e. The molecular weight excluding hydrogens is 308 g/mol. The van der Waals surface area contributed by atoms with E-state index in [0.717, 1.165) is 5.56 Å². The Morgan fingerprint density at radius 3 is 2.12 bits per heavy atom. The van der Waals surface area contributed by atoms with Crippen LogP contribution in [-0.2, 0) is 30.3 Å². The van der Waals surface area contributed by atoms with E-state index < -0.39 is 17.4 Å². The average molecular weight is 332 g/mol. The summed E-state index contributed by atoms with van der Waals surface area (Å²) in [6.07, 6.45) is 1.29. The molecule has 5 nitrogen and oxygen atoms in total. The zero-order valence-corrected chi connectivity index (χ0v) is 14.2. The highest BCUT2D eigenvalue weighted by atomic mass is 16.6. The number of benzene rings is 1. The standard InChI is InChI=1S/C19H24O5/c1-3-23-17(21)19(18(22)24-4-2,15-10-11-16(20)12-15)13-14-8-6-5-7-9-14/h5-9,15H,3-4,10-13H2,1-2H3. The molecule has 0 aromatic heterocycles. The molecule has 24 heavy (non-hydrogen) atoms. The molecule has 0 radical (unpaired) electrons. The summed E-state index contributed by atoms with van der Waals surface area (Å²) >= 11 is 0. The van der Waals surface area contributed by atoms with Gasteiger partial charge in [-0.25, -0.2) is 0 Å². The molecule has 1 unspecified atom stereocenters. The first-order chi connectivity index (χ1) is 11.5. The summed E-state index contributed by atoms with van der Waals surface area (Å²) in [7, 11) is 0. The minimum absolute atomic E-state index is 0.0750. The van der Waals surface area contributed by atoms with Crippen LogP contribution in [0, 0.1) is 11.3 Å². The Morgan fingerprint density at radius 1 is 1.08 bits per heavy atom. The molecule has 1 aromatic carbocycles. The van der Waals surface area contributed by atoms with Crippen molar-refractivity contribution in [1.29, 1.82) is 0 Å². The molecule has 1 saturated carbocycles. The maximum Gasteiger partial charge on any atom is 0.324 e. The first-order valence-electron chi connectivity index (χ1n) is 8.44. The molecule has 1 fully saturated rings. The summed E-state index contributed by atoms with van der Waals surface area (Å²) in [4.78, 5) is 37.5. The molecule has 2 rings (SSSR count). The van der Waals surface area contributed by atoms with Gasteiger partial charge in [-0.05, 0) is 38.2 Å². The Morgan fingerprint density at radius 2 is 1.67 bits per heavy atom. The van der Waals surface area contributed by atoms with Gasteiger partial charge in [-0.15, -0.1) is 0 Å². The lowest BCUT2D eigenvalue weighted by Gasteiger charge is -2.34. The van der Waals surface area contributed by atoms with Crippen molar-refractivity contribution in [3.05, 3.63) is 35.9 Å². The van der Waals surface area contributed by atoms with Crippen LogP contribution in [0.1, 0.15) is 38.7 Å². The molecule has 0 amide bonds. The second-order valence-corrected chi connectivity index (χ2v) is 6.05. The molecular formula is C19H24O5. The molecule has 0 spiro atoms. The van der Waals surface area contributed by atoms with Crippen LogP contribution in [0.3, 0.4) is 0 Å². The van der Waals surface area contributed by atoms with E-state index in [1.807, 2.05) is 30.3 Å². The Bertz CT molecular complexity index is 575. The molecule has 1 aliphatic rings. The van der Waals surface area contributed by atoms with Gasteiger partial charge in [-0.1, -0.05) is 30.3 Å². The van der Waals surface area contributed by atoms with Crippen LogP contribution >= 0.6 is 0 Å². The van der Waals surface area contributed by atoms with E-state index in [-0.39, 0.29) is 37.8 Å². The molecule has 130 valence electrons. The summed E-state index contributed by atoms with van der Waals surface area (Å²) in [5.74, 6) is -1.49. The lowest BCUT2D eigenvalue weighted by Crippen LogP contribution is -2.49. The zero-order valence-electron chi connectivity index (χ0n) is 14.2. The van der Waals surface area contributed by atoms with Gasteiger partial charge in [-0.2, -0.15) is 0 Å². The predicted molar refractivity (Wildman–Crippen MR) is 88.2 cm³/mol. The van der Waals surface area contributed by atoms with E-state index in [9.17, 15) is 14.4 Å². The van der Waals surface area contributed by atoms with Gasteiger partial charge in [0.25, 0.3) is 0 Å². The van der Waals surface area contributed by atoms with Crippen molar-refractivity contribution in [3.63, 3.8) is 0 Å². The van der Waals surface area contributed by atoms with E-state index >= 15 is 0 Å². The minimum Gasteiger partial charge on any atom is -0.465 e. The number of Topliss-reactive ketones (excluding diaryl/α,β-unsaturated/α-hetero) is 1. The quantitative estimate of drug-likeness (QED) is 0.567. The van der Waals surface area contributed by atoms with E-state index in [2.05, 4.69) is 0 Å². The number of ketones is 1. The van der Waals surface area contributed by atoms with Crippen LogP contribution in [0.25, 0.3) is 0 Å². The Hall–Kier alpha value is -2.17. The van der Waals surface area contributed by atoms with Crippen molar-refractivity contribution in [1.82, 2.24) is 0 Å². The van der Waals surface area contributed by atoms with Crippen molar-refractivity contribution in [2.75, 3.05) is 13.2 Å². The minimum atomic E-state index is -1.46. The third-order valence-corrected chi connectivity index (χ3v) is 4.55. The smallest absolute Gasteiger partial charge is 0.324 e. The van der Waals surface area contributed by atoms with Crippen molar-refractivity contribution in [2.24, 2.45) is 11.3 Å². The third kappa shape index (κ3) is 3.66. The SMILES string of the molecule is CCOC(=O)C(Cc1ccccc1)(C(=O)OCC)C1CCC(=O)C1. The van der Waals surface area contributed by atoms with Crippen molar-refractivity contribution < 1.29 is 23.9 Å². The highest BCUT2D eigenvalue weighted by Crippen LogP contribution is 2.43. The number of hydrogen-bond acceptors (Lipinski definition) is 5. The predicted octanol–water partition coefficient (Wildman–Crippen LogP) is 2.71. The fourth-order valence-electron chi connectivity index (χ4n) is 3.38. The average Bonchev–Trinajstić information content (AvgIpc) is 3.00. The number of ether oxygens (including phenoxy) is 2. The summed E-state index contributed by atoms with van der Waals surface area (Å²) in [5.41, 5.74) is -0.613. The zero-order chi connectivity index (χ0) is 17.6. The molecule has 1 aromatic rings. The van der Waals surface area contributed by atoms with Crippen molar-refractivity contribution >= 4 is 17.7 Å². The number of rotatable bonds is 7. The van der Waals surface area contributed by atoms with Gasteiger partial charge in [-0.3, -0.25) is 14.4 Å². The Kier molecular flexibility index (Phi) is 6.12. The maximum absolute atomic E-state index is 12.8. The molecule has 5 heteroatoms. The number of hydrogen-bond donors (Lipinski definition) is 0. The first-order valence-corrected chi connectivity index (χ1v) is 8.44. The Labute approximate surface area is 142 Å². The first kappa shape index (κ1) is 18.2. The van der Waals surface area contributed by atoms with E-state index in [4.69, 9.17) is 9.47 Å². The number of carbonyl (C=O) groups excluding carboxylic acids is 3. The number of carbonyl (C=O) groups is 3. The molecule has 0 N–H and O–H groups in total. The van der Waals surface area contributed by atoms with E-state index in [0.29, 0.717) is 12.8 Å². The maximum atomic E-state index is 12.8. The molecule has 0 bridgehead atoms. The van der Waals surface area contributed by atoms with Crippen molar-refractivity contribution in [3.8, 4) is 0 Å². The van der Waals surface area contributed by atoms with Gasteiger partial charge < -0.3 is 9.47 Å². The molecule has 1 aliphatic carbocycles. The van der Waals surface area contributed by atoms with E-state index in [1.54, 1.807) is 13.8 Å². The highest BCUT2D eigenvalue weighted by molar-refractivity contribution is 6.02. The van der Waals surface area contributed by atoms with E-state index in [1.165, 1.54) is 0 Å². The fourth-order valence-corrected chi connectivity index (χ4v) is 3.38. The topological polar surface area (TPSA) is 69.7 Å². The van der Waals surface area contributed by atoms with Gasteiger partial charge >= 0.3 is 11.9 Å². The normalized spacial score (nSPS) is 17.6. The summed E-state index contributed by atoms with van der Waals surface area (Å²) in [6.45, 7) is 3.76. The highest BCUT2D eigenvalue weighted by Gasteiger charge is 2.56. The van der Waals surface area contributed by atoms with Crippen LogP contribution in [0.15, 0.2) is 30.3 Å². The number of esters is 2. The summed E-state index contributed by atoms with van der Waals surface area (Å²) in [5, 5.41) is 0. The third-order valence-electron chi connectivity index (χ3n) is 4.55. The fraction of sp³-hybridized carbons (Fsp3) is 0.526.